The van der Waals surface area contributed by atoms with Crippen molar-refractivity contribution < 1.29 is 14.3 Å². The van der Waals surface area contributed by atoms with Crippen molar-refractivity contribution >= 4 is 5.78 Å². The van der Waals surface area contributed by atoms with Crippen LogP contribution in [-0.2, 0) is 7.05 Å². The zero-order valence-electron chi connectivity index (χ0n) is 11.5. The molecule has 5 heteroatoms. The van der Waals surface area contributed by atoms with E-state index in [1.165, 1.54) is 0 Å². The highest BCUT2D eigenvalue weighted by atomic mass is 16.5. The second-order valence-corrected chi connectivity index (χ2v) is 4.84. The van der Waals surface area contributed by atoms with Crippen molar-refractivity contribution in [2.45, 2.75) is 13.3 Å². The van der Waals surface area contributed by atoms with Crippen LogP contribution in [0.2, 0.25) is 0 Å². The van der Waals surface area contributed by atoms with E-state index in [4.69, 9.17) is 9.47 Å². The molecule has 0 saturated heterocycles. The smallest absolute Gasteiger partial charge is 0.211 e. The lowest BCUT2D eigenvalue weighted by molar-refractivity contribution is 0.103. The minimum absolute atomic E-state index is 0.0660. The number of fused-ring (bicyclic) bond motifs is 1. The van der Waals surface area contributed by atoms with Crippen LogP contribution >= 0.6 is 0 Å². The van der Waals surface area contributed by atoms with E-state index in [1.807, 2.05) is 6.92 Å². The van der Waals surface area contributed by atoms with Crippen LogP contribution in [0, 0.1) is 6.92 Å². The lowest BCUT2D eigenvalue weighted by Gasteiger charge is -2.08. The van der Waals surface area contributed by atoms with Crippen molar-refractivity contribution in [1.29, 1.82) is 0 Å². The normalized spacial score (nSPS) is 13.9. The van der Waals surface area contributed by atoms with E-state index in [0.717, 1.165) is 12.1 Å². The molecule has 0 bridgehead atoms. The molecule has 0 aliphatic carbocycles. The van der Waals surface area contributed by atoms with E-state index in [0.29, 0.717) is 36.0 Å². The molecule has 0 spiro atoms. The lowest BCUT2D eigenvalue weighted by Crippen LogP contribution is -2.08. The Balaban J connectivity index is 1.96. The summed E-state index contributed by atoms with van der Waals surface area (Å²) in [6.45, 7) is 3.11. The van der Waals surface area contributed by atoms with Gasteiger partial charge in [-0.1, -0.05) is 0 Å². The van der Waals surface area contributed by atoms with E-state index in [2.05, 4.69) is 5.10 Å². The third kappa shape index (κ3) is 2.27. The first-order valence-electron chi connectivity index (χ1n) is 6.60. The lowest BCUT2D eigenvalue weighted by atomic mass is 10.1. The number of benzene rings is 1. The summed E-state index contributed by atoms with van der Waals surface area (Å²) >= 11 is 0. The minimum atomic E-state index is -0.0660. The fourth-order valence-electron chi connectivity index (χ4n) is 2.28. The molecule has 0 amide bonds. The average Bonchev–Trinajstić information content (AvgIpc) is 2.65. The predicted octanol–water partition coefficient (Wildman–Crippen LogP) is 2.12. The molecule has 1 aromatic heterocycles. The molecule has 5 nitrogen and oxygen atoms in total. The maximum atomic E-state index is 12.5. The predicted molar refractivity (Wildman–Crippen MR) is 73.4 cm³/mol. The number of aromatic nitrogens is 2. The van der Waals surface area contributed by atoms with Gasteiger partial charge in [-0.3, -0.25) is 9.48 Å². The van der Waals surface area contributed by atoms with Gasteiger partial charge in [0.15, 0.2) is 11.5 Å². The monoisotopic (exact) mass is 272 g/mol. The third-order valence-corrected chi connectivity index (χ3v) is 3.24. The number of ketones is 1. The zero-order valence-corrected chi connectivity index (χ0v) is 11.5. The van der Waals surface area contributed by atoms with Crippen LogP contribution in [-0.4, -0.2) is 28.8 Å². The SMILES string of the molecule is Cc1cc(C(=O)c2ccc3c(c2)OCCCO3)n(C)n1. The summed E-state index contributed by atoms with van der Waals surface area (Å²) in [7, 11) is 1.77. The molecular formula is C15H16N2O3. The molecule has 1 aromatic carbocycles. The summed E-state index contributed by atoms with van der Waals surface area (Å²) in [5.41, 5.74) is 1.97. The van der Waals surface area contributed by atoms with Crippen LogP contribution in [0.15, 0.2) is 24.3 Å². The molecule has 3 rings (SSSR count). The van der Waals surface area contributed by atoms with Crippen molar-refractivity contribution in [2.24, 2.45) is 7.05 Å². The molecule has 0 N–H and O–H groups in total. The molecule has 0 fully saturated rings. The molecule has 2 aromatic rings. The number of ether oxygens (including phenoxy) is 2. The number of carbonyl (C=O) groups is 1. The van der Waals surface area contributed by atoms with Crippen LogP contribution in [0.1, 0.15) is 28.2 Å². The molecule has 20 heavy (non-hydrogen) atoms. The molecule has 104 valence electrons. The number of aryl methyl sites for hydroxylation is 2. The Kier molecular flexibility index (Phi) is 3.18. The topological polar surface area (TPSA) is 53.4 Å². The Bertz CT molecular complexity index is 661. The van der Waals surface area contributed by atoms with Gasteiger partial charge in [0.25, 0.3) is 0 Å². The first-order chi connectivity index (χ1) is 9.65. The van der Waals surface area contributed by atoms with Gasteiger partial charge >= 0.3 is 0 Å². The zero-order chi connectivity index (χ0) is 14.1. The van der Waals surface area contributed by atoms with Gasteiger partial charge < -0.3 is 9.47 Å². The number of hydrogen-bond acceptors (Lipinski definition) is 4. The first-order valence-corrected chi connectivity index (χ1v) is 6.60. The van der Waals surface area contributed by atoms with Crippen LogP contribution in [0.5, 0.6) is 11.5 Å². The van der Waals surface area contributed by atoms with Crippen molar-refractivity contribution in [1.82, 2.24) is 9.78 Å². The first kappa shape index (κ1) is 12.7. The third-order valence-electron chi connectivity index (χ3n) is 3.24. The number of hydrogen-bond donors (Lipinski definition) is 0. The van der Waals surface area contributed by atoms with E-state index >= 15 is 0 Å². The van der Waals surface area contributed by atoms with Gasteiger partial charge in [-0.05, 0) is 31.2 Å². The molecule has 1 aliphatic rings. The number of carbonyl (C=O) groups excluding carboxylic acids is 1. The van der Waals surface area contributed by atoms with Crippen molar-refractivity contribution in [3.8, 4) is 11.5 Å². The molecular weight excluding hydrogens is 256 g/mol. The molecule has 0 radical (unpaired) electrons. The van der Waals surface area contributed by atoms with Gasteiger partial charge in [-0.25, -0.2) is 0 Å². The Morgan fingerprint density at radius 1 is 1.20 bits per heavy atom. The highest BCUT2D eigenvalue weighted by Gasteiger charge is 2.18. The average molecular weight is 272 g/mol. The van der Waals surface area contributed by atoms with Gasteiger partial charge in [0, 0.05) is 19.0 Å². The number of nitrogens with zero attached hydrogens (tertiary/aromatic N) is 2. The fraction of sp³-hybridized carbons (Fsp3) is 0.333. The largest absolute Gasteiger partial charge is 0.490 e. The second kappa shape index (κ2) is 5.00. The molecule has 1 aliphatic heterocycles. The minimum Gasteiger partial charge on any atom is -0.490 e. The van der Waals surface area contributed by atoms with Crippen LogP contribution in [0.25, 0.3) is 0 Å². The van der Waals surface area contributed by atoms with Crippen molar-refractivity contribution in [2.75, 3.05) is 13.2 Å². The van der Waals surface area contributed by atoms with Crippen LogP contribution in [0.4, 0.5) is 0 Å². The van der Waals surface area contributed by atoms with Gasteiger partial charge in [0.05, 0.1) is 18.9 Å². The maximum Gasteiger partial charge on any atom is 0.211 e. The highest BCUT2D eigenvalue weighted by molar-refractivity contribution is 6.08. The van der Waals surface area contributed by atoms with Gasteiger partial charge in [0.2, 0.25) is 5.78 Å². The summed E-state index contributed by atoms with van der Waals surface area (Å²) in [5.74, 6) is 1.26. The molecule has 0 saturated carbocycles. The highest BCUT2D eigenvalue weighted by Crippen LogP contribution is 2.31. The Morgan fingerprint density at radius 2 is 1.95 bits per heavy atom. The maximum absolute atomic E-state index is 12.5. The summed E-state index contributed by atoms with van der Waals surface area (Å²) in [5, 5.41) is 4.20. The van der Waals surface area contributed by atoms with E-state index in [1.54, 1.807) is 36.0 Å². The Labute approximate surface area is 117 Å². The van der Waals surface area contributed by atoms with Gasteiger partial charge in [0.1, 0.15) is 5.69 Å². The summed E-state index contributed by atoms with van der Waals surface area (Å²) < 4.78 is 12.8. The van der Waals surface area contributed by atoms with Gasteiger partial charge in [-0.15, -0.1) is 0 Å². The number of rotatable bonds is 2. The molecule has 0 unspecified atom stereocenters. The van der Waals surface area contributed by atoms with E-state index < -0.39 is 0 Å². The summed E-state index contributed by atoms with van der Waals surface area (Å²) in [6, 6.07) is 7.08. The second-order valence-electron chi connectivity index (χ2n) is 4.84. The van der Waals surface area contributed by atoms with E-state index in [-0.39, 0.29) is 5.78 Å². The fourth-order valence-corrected chi connectivity index (χ4v) is 2.28. The summed E-state index contributed by atoms with van der Waals surface area (Å²) in [6.07, 6.45) is 0.846. The van der Waals surface area contributed by atoms with Crippen LogP contribution in [0.3, 0.4) is 0 Å². The van der Waals surface area contributed by atoms with Crippen LogP contribution < -0.4 is 9.47 Å². The quantitative estimate of drug-likeness (QED) is 0.786. The Hall–Kier alpha value is -2.30. The summed E-state index contributed by atoms with van der Waals surface area (Å²) in [4.78, 5) is 12.5. The Morgan fingerprint density at radius 3 is 2.65 bits per heavy atom. The molecule has 0 atom stereocenters. The molecule has 2 heterocycles. The standard InChI is InChI=1S/C15H16N2O3/c1-10-8-12(17(2)16-10)15(18)11-4-5-13-14(9-11)20-7-3-6-19-13/h4-5,8-9H,3,6-7H2,1-2H3. The van der Waals surface area contributed by atoms with E-state index in [9.17, 15) is 4.79 Å². The van der Waals surface area contributed by atoms with Crippen molar-refractivity contribution in [3.63, 3.8) is 0 Å². The van der Waals surface area contributed by atoms with Gasteiger partial charge in [-0.2, -0.15) is 5.10 Å². The van der Waals surface area contributed by atoms with Crippen molar-refractivity contribution in [3.05, 3.63) is 41.2 Å².